The average Bonchev–Trinajstić information content (AvgIpc) is 2.48. The fourth-order valence-corrected chi connectivity index (χ4v) is 1.65. The Kier molecular flexibility index (Phi) is 7.73. The minimum atomic E-state index is -4.33. The number of nitrogens with one attached hydrogen (secondary N) is 2. The zero-order valence-corrected chi connectivity index (χ0v) is 12.5. The van der Waals surface area contributed by atoms with Crippen LogP contribution >= 0.6 is 0 Å². The second kappa shape index (κ2) is 9.29. The van der Waals surface area contributed by atoms with Gasteiger partial charge in [-0.3, -0.25) is 4.99 Å². The lowest BCUT2D eigenvalue weighted by atomic mass is 10.2. The molecule has 130 valence electrons. The second-order valence-corrected chi connectivity index (χ2v) is 4.61. The van der Waals surface area contributed by atoms with Gasteiger partial charge in [-0.25, -0.2) is 8.78 Å². The van der Waals surface area contributed by atoms with Crippen LogP contribution in [0.15, 0.2) is 23.2 Å². The Morgan fingerprint density at radius 1 is 1.22 bits per heavy atom. The highest BCUT2D eigenvalue weighted by molar-refractivity contribution is 5.79. The summed E-state index contributed by atoms with van der Waals surface area (Å²) >= 11 is 0. The molecule has 0 aromatic heterocycles. The number of hydrogen-bond acceptors (Lipinski definition) is 2. The maximum Gasteiger partial charge on any atom is 0.411 e. The van der Waals surface area contributed by atoms with Gasteiger partial charge >= 0.3 is 6.18 Å². The van der Waals surface area contributed by atoms with Crippen LogP contribution in [0.25, 0.3) is 0 Å². The van der Waals surface area contributed by atoms with E-state index in [1.807, 2.05) is 0 Å². The molecule has 0 spiro atoms. The minimum Gasteiger partial charge on any atom is -0.372 e. The summed E-state index contributed by atoms with van der Waals surface area (Å²) in [7, 11) is 1.48. The van der Waals surface area contributed by atoms with Gasteiger partial charge in [0.2, 0.25) is 0 Å². The molecule has 0 aliphatic heterocycles. The molecule has 0 bridgehead atoms. The maximum atomic E-state index is 13.4. The third kappa shape index (κ3) is 8.34. The molecule has 0 aliphatic carbocycles. The van der Waals surface area contributed by atoms with Gasteiger partial charge in [-0.05, 0) is 24.6 Å². The zero-order chi connectivity index (χ0) is 17.3. The first kappa shape index (κ1) is 19.1. The Bertz CT molecular complexity index is 520. The van der Waals surface area contributed by atoms with E-state index in [1.165, 1.54) is 7.05 Å². The third-order valence-electron chi connectivity index (χ3n) is 2.70. The first-order valence-corrected chi connectivity index (χ1v) is 6.85. The quantitative estimate of drug-likeness (QED) is 0.347. The van der Waals surface area contributed by atoms with E-state index in [0.717, 1.165) is 18.2 Å². The lowest BCUT2D eigenvalue weighted by Crippen LogP contribution is -2.37. The highest BCUT2D eigenvalue weighted by Gasteiger charge is 2.27. The van der Waals surface area contributed by atoms with Crippen molar-refractivity contribution in [2.75, 3.05) is 26.8 Å². The minimum absolute atomic E-state index is 0.0217. The lowest BCUT2D eigenvalue weighted by Gasteiger charge is -2.13. The van der Waals surface area contributed by atoms with Crippen LogP contribution in [0.5, 0.6) is 0 Å². The van der Waals surface area contributed by atoms with Crippen LogP contribution in [0.1, 0.15) is 12.0 Å². The monoisotopic (exact) mass is 339 g/mol. The van der Waals surface area contributed by atoms with Gasteiger partial charge in [0.15, 0.2) is 5.96 Å². The number of guanidine groups is 1. The van der Waals surface area contributed by atoms with Crippen molar-refractivity contribution in [2.45, 2.75) is 19.1 Å². The SMILES string of the molecule is CN=C(NCCCOCC(F)(F)F)NCc1cc(F)ccc1F. The van der Waals surface area contributed by atoms with Crippen molar-refractivity contribution in [1.82, 2.24) is 10.6 Å². The topological polar surface area (TPSA) is 45.7 Å². The molecule has 0 saturated heterocycles. The number of halogens is 5. The summed E-state index contributed by atoms with van der Waals surface area (Å²) in [6.07, 6.45) is -3.99. The number of benzene rings is 1. The number of nitrogens with zero attached hydrogens (tertiary/aromatic N) is 1. The first-order chi connectivity index (χ1) is 10.8. The van der Waals surface area contributed by atoms with Gasteiger partial charge < -0.3 is 15.4 Å². The Balaban J connectivity index is 2.26. The molecule has 4 nitrogen and oxygen atoms in total. The van der Waals surface area contributed by atoms with E-state index >= 15 is 0 Å². The van der Waals surface area contributed by atoms with Crippen LogP contribution in [-0.2, 0) is 11.3 Å². The van der Waals surface area contributed by atoms with Crippen molar-refractivity contribution >= 4 is 5.96 Å². The summed E-state index contributed by atoms with van der Waals surface area (Å²) in [4.78, 5) is 3.87. The summed E-state index contributed by atoms with van der Waals surface area (Å²) in [6, 6.07) is 3.12. The average molecular weight is 339 g/mol. The molecule has 0 amide bonds. The molecule has 2 N–H and O–H groups in total. The van der Waals surface area contributed by atoms with Gasteiger partial charge in [-0.15, -0.1) is 0 Å². The van der Waals surface area contributed by atoms with E-state index in [2.05, 4.69) is 20.4 Å². The molecule has 0 fully saturated rings. The van der Waals surface area contributed by atoms with Crippen molar-refractivity contribution in [3.63, 3.8) is 0 Å². The van der Waals surface area contributed by atoms with Gasteiger partial charge in [0.05, 0.1) is 0 Å². The fraction of sp³-hybridized carbons (Fsp3) is 0.500. The Labute approximate surface area is 130 Å². The molecule has 9 heteroatoms. The van der Waals surface area contributed by atoms with Crippen LogP contribution in [0.2, 0.25) is 0 Å². The molecule has 1 rings (SSSR count). The molecule has 0 radical (unpaired) electrons. The van der Waals surface area contributed by atoms with Gasteiger partial charge in [0.1, 0.15) is 18.2 Å². The summed E-state index contributed by atoms with van der Waals surface area (Å²) in [5.41, 5.74) is 0.140. The molecule has 23 heavy (non-hydrogen) atoms. The van der Waals surface area contributed by atoms with Crippen molar-refractivity contribution in [2.24, 2.45) is 4.99 Å². The Hall–Kier alpha value is -1.90. The van der Waals surface area contributed by atoms with E-state index in [0.29, 0.717) is 18.9 Å². The number of hydrogen-bond donors (Lipinski definition) is 2. The van der Waals surface area contributed by atoms with E-state index in [1.54, 1.807) is 0 Å². The molecular formula is C14H18F5N3O. The van der Waals surface area contributed by atoms with Gasteiger partial charge in [0.25, 0.3) is 0 Å². The number of rotatable bonds is 7. The lowest BCUT2D eigenvalue weighted by molar-refractivity contribution is -0.173. The largest absolute Gasteiger partial charge is 0.411 e. The third-order valence-corrected chi connectivity index (χ3v) is 2.70. The van der Waals surface area contributed by atoms with E-state index in [9.17, 15) is 22.0 Å². The van der Waals surface area contributed by atoms with Gasteiger partial charge in [0, 0.05) is 32.3 Å². The highest BCUT2D eigenvalue weighted by atomic mass is 19.4. The Morgan fingerprint density at radius 2 is 1.96 bits per heavy atom. The predicted octanol–water partition coefficient (Wildman–Crippen LogP) is 2.60. The summed E-state index contributed by atoms with van der Waals surface area (Å²) in [5, 5.41) is 5.61. The molecule has 0 heterocycles. The highest BCUT2D eigenvalue weighted by Crippen LogP contribution is 2.14. The smallest absolute Gasteiger partial charge is 0.372 e. The number of ether oxygens (including phenoxy) is 1. The van der Waals surface area contributed by atoms with Crippen molar-refractivity contribution in [1.29, 1.82) is 0 Å². The van der Waals surface area contributed by atoms with E-state index in [-0.39, 0.29) is 18.7 Å². The molecule has 0 saturated carbocycles. The van der Waals surface area contributed by atoms with E-state index in [4.69, 9.17) is 0 Å². The molecule has 1 aromatic rings. The number of alkyl halides is 3. The van der Waals surface area contributed by atoms with Crippen LogP contribution in [0, 0.1) is 11.6 Å². The Morgan fingerprint density at radius 3 is 2.61 bits per heavy atom. The van der Waals surface area contributed by atoms with Crippen molar-refractivity contribution < 1.29 is 26.7 Å². The van der Waals surface area contributed by atoms with E-state index < -0.39 is 24.4 Å². The van der Waals surface area contributed by atoms with Gasteiger partial charge in [-0.1, -0.05) is 0 Å². The summed E-state index contributed by atoms with van der Waals surface area (Å²) < 4.78 is 66.4. The number of aliphatic imine (C=N–C) groups is 1. The molecular weight excluding hydrogens is 321 g/mol. The van der Waals surface area contributed by atoms with Crippen LogP contribution in [-0.4, -0.2) is 38.9 Å². The van der Waals surface area contributed by atoms with Crippen molar-refractivity contribution in [3.8, 4) is 0 Å². The summed E-state index contributed by atoms with van der Waals surface area (Å²) in [6.45, 7) is -0.988. The maximum absolute atomic E-state index is 13.4. The first-order valence-electron chi connectivity index (χ1n) is 6.85. The molecule has 0 aliphatic rings. The van der Waals surface area contributed by atoms with Crippen molar-refractivity contribution in [3.05, 3.63) is 35.4 Å². The second-order valence-electron chi connectivity index (χ2n) is 4.61. The molecule has 0 atom stereocenters. The zero-order valence-electron chi connectivity index (χ0n) is 12.5. The standard InChI is InChI=1S/C14H18F5N3O/c1-20-13(21-5-2-6-23-9-14(17,18)19)22-8-10-7-11(15)3-4-12(10)16/h3-4,7H,2,5-6,8-9H2,1H3,(H2,20,21,22). The van der Waals surface area contributed by atoms with Crippen LogP contribution in [0.4, 0.5) is 22.0 Å². The normalized spacial score (nSPS) is 12.3. The van der Waals surface area contributed by atoms with Crippen LogP contribution < -0.4 is 10.6 Å². The molecule has 0 unspecified atom stereocenters. The van der Waals surface area contributed by atoms with Gasteiger partial charge in [-0.2, -0.15) is 13.2 Å². The fourth-order valence-electron chi connectivity index (χ4n) is 1.65. The van der Waals surface area contributed by atoms with Crippen LogP contribution in [0.3, 0.4) is 0 Å². The predicted molar refractivity (Wildman–Crippen MR) is 76.1 cm³/mol. The summed E-state index contributed by atoms with van der Waals surface area (Å²) in [5.74, 6) is -0.771. The molecule has 1 aromatic carbocycles.